The zero-order chi connectivity index (χ0) is 21.9. The van der Waals surface area contributed by atoms with Gasteiger partial charge >= 0.3 is 6.09 Å². The van der Waals surface area contributed by atoms with Gasteiger partial charge in [-0.25, -0.2) is 9.18 Å². The third kappa shape index (κ3) is 6.32. The molecule has 0 heterocycles. The van der Waals surface area contributed by atoms with Gasteiger partial charge in [0.25, 0.3) is 5.91 Å². The van der Waals surface area contributed by atoms with Gasteiger partial charge in [0.2, 0.25) is 5.91 Å². The summed E-state index contributed by atoms with van der Waals surface area (Å²) in [6.45, 7) is 6.64. The first kappa shape index (κ1) is 24.1. The number of carbonyl (C=O) groups excluding carboxylic acids is 3. The molecule has 0 aliphatic rings. The third-order valence-electron chi connectivity index (χ3n) is 3.80. The number of carbonyl (C=O) groups is 3. The van der Waals surface area contributed by atoms with Crippen LogP contribution in [0.4, 0.5) is 9.18 Å². The molecule has 0 radical (unpaired) electrons. The molecule has 9 heteroatoms. The van der Waals surface area contributed by atoms with E-state index in [1.165, 1.54) is 24.9 Å². The molecule has 2 N–H and O–H groups in total. The lowest BCUT2D eigenvalue weighted by atomic mass is 9.91. The maximum Gasteiger partial charge on any atom is 0.408 e. The van der Waals surface area contributed by atoms with Crippen LogP contribution in [0.2, 0.25) is 0 Å². The Kier molecular flexibility index (Phi) is 7.81. The summed E-state index contributed by atoms with van der Waals surface area (Å²) >= 11 is 1.95. The molecule has 0 spiro atoms. The molecule has 3 amide bonds. The van der Waals surface area contributed by atoms with E-state index >= 15 is 0 Å². The van der Waals surface area contributed by atoms with Crippen molar-refractivity contribution in [1.82, 2.24) is 15.5 Å². The van der Waals surface area contributed by atoms with Gasteiger partial charge in [-0.3, -0.25) is 9.59 Å². The fourth-order valence-corrected chi connectivity index (χ4v) is 3.27. The lowest BCUT2D eigenvalue weighted by Gasteiger charge is -2.31. The summed E-state index contributed by atoms with van der Waals surface area (Å²) in [6.07, 6.45) is -0.801. The molecule has 1 aromatic rings. The van der Waals surface area contributed by atoms with Gasteiger partial charge in [-0.15, -0.1) is 0 Å². The van der Waals surface area contributed by atoms with E-state index in [4.69, 9.17) is 4.74 Å². The van der Waals surface area contributed by atoms with Crippen molar-refractivity contribution in [2.45, 2.75) is 45.3 Å². The largest absolute Gasteiger partial charge is 0.444 e. The van der Waals surface area contributed by atoms with E-state index in [0.29, 0.717) is 9.13 Å². The molecule has 7 nitrogen and oxygen atoms in total. The van der Waals surface area contributed by atoms with E-state index in [9.17, 15) is 18.8 Å². The smallest absolute Gasteiger partial charge is 0.408 e. The minimum Gasteiger partial charge on any atom is -0.444 e. The number of benzene rings is 1. The fourth-order valence-electron chi connectivity index (χ4n) is 2.54. The van der Waals surface area contributed by atoms with E-state index in [1.807, 2.05) is 22.6 Å². The number of ether oxygens (including phenoxy) is 1. The van der Waals surface area contributed by atoms with Gasteiger partial charge in [0.05, 0.1) is 5.56 Å². The summed E-state index contributed by atoms with van der Waals surface area (Å²) in [7, 11) is 4.58. The van der Waals surface area contributed by atoms with Crippen LogP contribution < -0.4 is 10.6 Å². The van der Waals surface area contributed by atoms with Gasteiger partial charge in [0.1, 0.15) is 17.0 Å². The normalized spacial score (nSPS) is 13.3. The molecule has 1 unspecified atom stereocenters. The Labute approximate surface area is 178 Å². The molecular weight excluding hydrogens is 480 g/mol. The summed E-state index contributed by atoms with van der Waals surface area (Å²) in [4.78, 5) is 38.5. The van der Waals surface area contributed by atoms with Crippen molar-refractivity contribution in [1.29, 1.82) is 0 Å². The van der Waals surface area contributed by atoms with Crippen LogP contribution >= 0.6 is 22.6 Å². The summed E-state index contributed by atoms with van der Waals surface area (Å²) in [5.41, 5.74) is -1.54. The maximum atomic E-state index is 14.2. The standard InChI is InChI=1S/C19H27FIN3O4/c1-18(2,3)28-17(27)23-19(4,16(26)22-5)10-11-8-12(20)9-13(14(11)21)15(25)24(6)7/h8-9H,10H2,1-7H3,(H,22,26)(H,23,27). The first-order chi connectivity index (χ1) is 12.7. The van der Waals surface area contributed by atoms with Crippen molar-refractivity contribution < 1.29 is 23.5 Å². The summed E-state index contributed by atoms with van der Waals surface area (Å²) in [6, 6.07) is 2.41. The Hall–Kier alpha value is -1.91. The predicted molar refractivity (Wildman–Crippen MR) is 113 cm³/mol. The SMILES string of the molecule is CNC(=O)C(C)(Cc1cc(F)cc(C(=O)N(C)C)c1I)NC(=O)OC(C)(C)C. The highest BCUT2D eigenvalue weighted by molar-refractivity contribution is 14.1. The predicted octanol–water partition coefficient (Wildman–Crippen LogP) is 2.70. The highest BCUT2D eigenvalue weighted by atomic mass is 127. The molecule has 0 fully saturated rings. The first-order valence-corrected chi connectivity index (χ1v) is 9.71. The van der Waals surface area contributed by atoms with Crippen molar-refractivity contribution in [3.8, 4) is 0 Å². The number of amides is 3. The Balaban J connectivity index is 3.32. The lowest BCUT2D eigenvalue weighted by Crippen LogP contribution is -2.58. The van der Waals surface area contributed by atoms with Crippen molar-refractivity contribution in [2.75, 3.05) is 21.1 Å². The number of nitrogens with one attached hydrogen (secondary N) is 2. The summed E-state index contributed by atoms with van der Waals surface area (Å²) in [5, 5.41) is 5.08. The van der Waals surface area contributed by atoms with Gasteiger partial charge in [-0.05, 0) is 68.0 Å². The zero-order valence-corrected chi connectivity index (χ0v) is 19.4. The van der Waals surface area contributed by atoms with Crippen LogP contribution in [-0.4, -0.2) is 55.1 Å². The van der Waals surface area contributed by atoms with E-state index in [-0.39, 0.29) is 17.9 Å². The van der Waals surface area contributed by atoms with Gasteiger partial charge < -0.3 is 20.3 Å². The van der Waals surface area contributed by atoms with Crippen LogP contribution in [0.1, 0.15) is 43.6 Å². The average Bonchev–Trinajstić information content (AvgIpc) is 2.54. The number of hydrogen-bond donors (Lipinski definition) is 2. The highest BCUT2D eigenvalue weighted by Crippen LogP contribution is 2.25. The van der Waals surface area contributed by atoms with E-state index in [0.717, 1.165) is 6.07 Å². The molecule has 28 heavy (non-hydrogen) atoms. The zero-order valence-electron chi connectivity index (χ0n) is 17.2. The van der Waals surface area contributed by atoms with Crippen molar-refractivity contribution in [2.24, 2.45) is 0 Å². The van der Waals surface area contributed by atoms with Gasteiger partial charge in [0, 0.05) is 31.1 Å². The molecule has 1 aromatic carbocycles. The van der Waals surface area contributed by atoms with Crippen LogP contribution in [0.15, 0.2) is 12.1 Å². The monoisotopic (exact) mass is 507 g/mol. The second-order valence-electron chi connectivity index (χ2n) is 7.84. The highest BCUT2D eigenvalue weighted by Gasteiger charge is 2.37. The number of rotatable bonds is 5. The molecule has 0 aromatic heterocycles. The topological polar surface area (TPSA) is 87.7 Å². The number of likely N-dealkylation sites (N-methyl/N-ethyl adjacent to an activating group) is 1. The van der Waals surface area contributed by atoms with E-state index < -0.39 is 29.0 Å². The van der Waals surface area contributed by atoms with E-state index in [2.05, 4.69) is 10.6 Å². The minimum absolute atomic E-state index is 0.0321. The van der Waals surface area contributed by atoms with Crippen LogP contribution in [0, 0.1) is 9.39 Å². The Morgan fingerprint density at radius 2 is 1.75 bits per heavy atom. The van der Waals surface area contributed by atoms with Crippen molar-refractivity contribution in [3.63, 3.8) is 0 Å². The number of alkyl carbamates (subject to hydrolysis) is 1. The molecule has 156 valence electrons. The Morgan fingerprint density at radius 3 is 2.21 bits per heavy atom. The fraction of sp³-hybridized carbons (Fsp3) is 0.526. The van der Waals surface area contributed by atoms with Gasteiger partial charge in [-0.2, -0.15) is 0 Å². The van der Waals surface area contributed by atoms with Crippen molar-refractivity contribution in [3.05, 3.63) is 32.6 Å². The second-order valence-corrected chi connectivity index (χ2v) is 8.92. The van der Waals surface area contributed by atoms with Crippen molar-refractivity contribution >= 4 is 40.5 Å². The molecule has 0 bridgehead atoms. The number of halogens is 2. The summed E-state index contributed by atoms with van der Waals surface area (Å²) in [5.74, 6) is -1.43. The maximum absolute atomic E-state index is 14.2. The Bertz CT molecular complexity index is 777. The Morgan fingerprint density at radius 1 is 1.18 bits per heavy atom. The van der Waals surface area contributed by atoms with Gasteiger partial charge in [-0.1, -0.05) is 0 Å². The molecule has 1 atom stereocenters. The first-order valence-electron chi connectivity index (χ1n) is 8.63. The molecule has 0 aliphatic carbocycles. The molecule has 0 saturated carbocycles. The minimum atomic E-state index is -1.41. The number of nitrogens with zero attached hydrogens (tertiary/aromatic N) is 1. The summed E-state index contributed by atoms with van der Waals surface area (Å²) < 4.78 is 19.9. The van der Waals surface area contributed by atoms with Crippen LogP contribution in [0.25, 0.3) is 0 Å². The quantitative estimate of drug-likeness (QED) is 0.601. The second kappa shape index (κ2) is 9.06. The molecule has 1 rings (SSSR count). The van der Waals surface area contributed by atoms with Gasteiger partial charge in [0.15, 0.2) is 0 Å². The van der Waals surface area contributed by atoms with Crippen LogP contribution in [0.5, 0.6) is 0 Å². The van der Waals surface area contributed by atoms with E-state index in [1.54, 1.807) is 34.9 Å². The molecule has 0 saturated heterocycles. The molecular formula is C19H27FIN3O4. The van der Waals surface area contributed by atoms with Crippen LogP contribution in [0.3, 0.4) is 0 Å². The lowest BCUT2D eigenvalue weighted by molar-refractivity contribution is -0.126. The average molecular weight is 507 g/mol. The van der Waals surface area contributed by atoms with Crippen LogP contribution in [-0.2, 0) is 16.0 Å². The number of hydrogen-bond acceptors (Lipinski definition) is 4. The third-order valence-corrected chi connectivity index (χ3v) is 5.07. The molecule has 0 aliphatic heterocycles.